The van der Waals surface area contributed by atoms with E-state index in [2.05, 4.69) is 16.0 Å². The van der Waals surface area contributed by atoms with Gasteiger partial charge in [-0.25, -0.2) is 9.18 Å². The average Bonchev–Trinajstić information content (AvgIpc) is 3.35. The van der Waals surface area contributed by atoms with E-state index in [1.54, 1.807) is 12.1 Å². The lowest BCUT2D eigenvalue weighted by molar-refractivity contribution is -0.119. The van der Waals surface area contributed by atoms with Gasteiger partial charge in [0.05, 0.1) is 17.1 Å². The summed E-state index contributed by atoms with van der Waals surface area (Å²) < 4.78 is 18.6. The van der Waals surface area contributed by atoms with Crippen LogP contribution >= 0.6 is 11.6 Å². The highest BCUT2D eigenvalue weighted by molar-refractivity contribution is 6.31. The molecule has 2 aromatic rings. The highest BCUT2D eigenvalue weighted by Gasteiger charge is 2.29. The van der Waals surface area contributed by atoms with Crippen molar-refractivity contribution in [2.45, 2.75) is 37.8 Å². The lowest BCUT2D eigenvalue weighted by atomic mass is 10.0. The van der Waals surface area contributed by atoms with Crippen LogP contribution in [0.15, 0.2) is 36.4 Å². The van der Waals surface area contributed by atoms with E-state index in [-0.39, 0.29) is 35.5 Å². The first-order chi connectivity index (χ1) is 14.9. The number of nitrogens with one attached hydrogen (secondary N) is 3. The number of alkyl carbamates (subject to hydrolysis) is 1. The molecule has 4 rings (SSSR count). The summed E-state index contributed by atoms with van der Waals surface area (Å²) in [6, 6.07) is 8.90. The number of hydrogen-bond donors (Lipinski definition) is 3. The summed E-state index contributed by atoms with van der Waals surface area (Å²) in [4.78, 5) is 36.2. The second-order valence-electron chi connectivity index (χ2n) is 7.59. The van der Waals surface area contributed by atoms with E-state index in [0.717, 1.165) is 11.1 Å². The van der Waals surface area contributed by atoms with Gasteiger partial charge in [-0.15, -0.1) is 0 Å². The highest BCUT2D eigenvalue weighted by atomic mass is 35.5. The second-order valence-corrected chi connectivity index (χ2v) is 8.00. The lowest BCUT2D eigenvalue weighted by Crippen LogP contribution is -2.34. The Kier molecular flexibility index (Phi) is 6.08. The summed E-state index contributed by atoms with van der Waals surface area (Å²) in [5, 5.41) is 8.24. The molecule has 7 nitrogen and oxygen atoms in total. The SMILES string of the molecule is O=C1CC[C@@H](COC(=O)N[C@H]2CCc3c(C(=O)Nc4ccc(F)c(Cl)c4)cccc32)N1. The second kappa shape index (κ2) is 8.93. The van der Waals surface area contributed by atoms with E-state index in [9.17, 15) is 18.8 Å². The molecule has 31 heavy (non-hydrogen) atoms. The standard InChI is InChI=1S/C22H21ClFN3O4/c23-17-10-12(4-7-18(17)24)26-21(29)16-3-1-2-15-14(16)6-8-19(15)27-22(30)31-11-13-5-9-20(28)25-13/h1-4,7,10,13,19H,5-6,8-9,11H2,(H,25,28)(H,26,29)(H,27,30)/t13-,19-/m0/s1. The maximum atomic E-state index is 13.3. The van der Waals surface area contributed by atoms with E-state index in [0.29, 0.717) is 36.9 Å². The third-order valence-electron chi connectivity index (χ3n) is 5.49. The van der Waals surface area contributed by atoms with Crippen LogP contribution < -0.4 is 16.0 Å². The van der Waals surface area contributed by atoms with Gasteiger partial charge >= 0.3 is 6.09 Å². The van der Waals surface area contributed by atoms with Crippen LogP contribution in [0, 0.1) is 5.82 Å². The van der Waals surface area contributed by atoms with Gasteiger partial charge in [0.1, 0.15) is 12.4 Å². The molecule has 2 atom stereocenters. The number of benzene rings is 2. The molecule has 0 radical (unpaired) electrons. The first-order valence-corrected chi connectivity index (χ1v) is 10.4. The Balaban J connectivity index is 1.40. The molecule has 3 amide bonds. The predicted molar refractivity (Wildman–Crippen MR) is 113 cm³/mol. The van der Waals surface area contributed by atoms with Crippen LogP contribution in [0.2, 0.25) is 5.02 Å². The normalized spacial score (nSPS) is 19.5. The van der Waals surface area contributed by atoms with Crippen molar-refractivity contribution in [3.8, 4) is 0 Å². The van der Waals surface area contributed by atoms with Gasteiger partial charge in [-0.2, -0.15) is 0 Å². The molecule has 3 N–H and O–H groups in total. The maximum absolute atomic E-state index is 13.3. The molecule has 0 unspecified atom stereocenters. The molecule has 1 aliphatic carbocycles. The summed E-state index contributed by atoms with van der Waals surface area (Å²) in [7, 11) is 0. The van der Waals surface area contributed by atoms with Gasteiger partial charge < -0.3 is 20.7 Å². The molecule has 1 fully saturated rings. The van der Waals surface area contributed by atoms with E-state index in [1.807, 2.05) is 6.07 Å². The van der Waals surface area contributed by atoms with Crippen molar-refractivity contribution in [1.82, 2.24) is 10.6 Å². The van der Waals surface area contributed by atoms with Gasteiger partial charge in [0.2, 0.25) is 5.91 Å². The zero-order valence-electron chi connectivity index (χ0n) is 16.5. The first-order valence-electron chi connectivity index (χ1n) is 10.0. The van der Waals surface area contributed by atoms with Gasteiger partial charge in [-0.3, -0.25) is 9.59 Å². The van der Waals surface area contributed by atoms with Gasteiger partial charge in [-0.05, 0) is 54.7 Å². The quantitative estimate of drug-likeness (QED) is 0.653. The van der Waals surface area contributed by atoms with Gasteiger partial charge in [0.25, 0.3) is 5.91 Å². The maximum Gasteiger partial charge on any atom is 0.407 e. The number of halogens is 2. The summed E-state index contributed by atoms with van der Waals surface area (Å²) in [6.45, 7) is 0.125. The Labute approximate surface area is 183 Å². The van der Waals surface area contributed by atoms with Crippen LogP contribution in [0.1, 0.15) is 46.8 Å². The minimum Gasteiger partial charge on any atom is -0.447 e. The molecule has 1 aliphatic heterocycles. The lowest BCUT2D eigenvalue weighted by Gasteiger charge is -2.16. The fourth-order valence-electron chi connectivity index (χ4n) is 3.95. The van der Waals surface area contributed by atoms with Crippen molar-refractivity contribution in [2.24, 2.45) is 0 Å². The predicted octanol–water partition coefficient (Wildman–Crippen LogP) is 3.72. The summed E-state index contributed by atoms with van der Waals surface area (Å²) in [5.41, 5.74) is 2.59. The molecule has 0 saturated carbocycles. The zero-order valence-corrected chi connectivity index (χ0v) is 17.3. The molecule has 0 spiro atoms. The number of ether oxygens (including phenoxy) is 1. The Bertz CT molecular complexity index is 1050. The van der Waals surface area contributed by atoms with Crippen LogP contribution in [0.5, 0.6) is 0 Å². The molecule has 2 aliphatic rings. The highest BCUT2D eigenvalue weighted by Crippen LogP contribution is 2.34. The van der Waals surface area contributed by atoms with E-state index in [4.69, 9.17) is 16.3 Å². The third-order valence-corrected chi connectivity index (χ3v) is 5.78. The number of amides is 3. The van der Waals surface area contributed by atoms with E-state index >= 15 is 0 Å². The van der Waals surface area contributed by atoms with Crippen LogP contribution in [-0.4, -0.2) is 30.6 Å². The van der Waals surface area contributed by atoms with E-state index in [1.165, 1.54) is 18.2 Å². The van der Waals surface area contributed by atoms with Gasteiger partial charge in [0, 0.05) is 17.7 Å². The molecule has 2 aromatic carbocycles. The molecule has 1 heterocycles. The first kappa shape index (κ1) is 21.1. The Morgan fingerprint density at radius 1 is 1.19 bits per heavy atom. The van der Waals surface area contributed by atoms with Crippen molar-refractivity contribution in [2.75, 3.05) is 11.9 Å². The number of fused-ring (bicyclic) bond motifs is 1. The fraction of sp³-hybridized carbons (Fsp3) is 0.318. The van der Waals surface area contributed by atoms with Crippen LogP contribution in [0.4, 0.5) is 14.9 Å². The smallest absolute Gasteiger partial charge is 0.407 e. The fourth-order valence-corrected chi connectivity index (χ4v) is 4.13. The van der Waals surface area contributed by atoms with Crippen molar-refractivity contribution in [3.63, 3.8) is 0 Å². The minimum absolute atomic E-state index is 0.0348. The Morgan fingerprint density at radius 3 is 2.77 bits per heavy atom. The summed E-state index contributed by atoms with van der Waals surface area (Å²) in [5.74, 6) is -0.927. The van der Waals surface area contributed by atoms with Crippen LogP contribution in [0.3, 0.4) is 0 Å². The molecule has 9 heteroatoms. The number of carbonyl (C=O) groups is 3. The Morgan fingerprint density at radius 2 is 2.03 bits per heavy atom. The number of carbonyl (C=O) groups excluding carboxylic acids is 3. The number of anilines is 1. The van der Waals surface area contributed by atoms with Crippen molar-refractivity contribution in [3.05, 3.63) is 63.9 Å². The monoisotopic (exact) mass is 445 g/mol. The summed E-state index contributed by atoms with van der Waals surface area (Å²) >= 11 is 5.78. The van der Waals surface area contributed by atoms with Crippen molar-refractivity contribution in [1.29, 1.82) is 0 Å². The molecule has 0 aromatic heterocycles. The van der Waals surface area contributed by atoms with Crippen molar-refractivity contribution < 1.29 is 23.5 Å². The molecular formula is C22H21ClFN3O4. The number of rotatable bonds is 5. The Hall–Kier alpha value is -3.13. The van der Waals surface area contributed by atoms with Crippen LogP contribution in [0.25, 0.3) is 0 Å². The molecular weight excluding hydrogens is 425 g/mol. The zero-order chi connectivity index (χ0) is 22.0. The topological polar surface area (TPSA) is 96.5 Å². The van der Waals surface area contributed by atoms with Crippen LogP contribution in [-0.2, 0) is 16.0 Å². The third kappa shape index (κ3) is 4.80. The molecule has 0 bridgehead atoms. The number of hydrogen-bond acceptors (Lipinski definition) is 4. The average molecular weight is 446 g/mol. The van der Waals surface area contributed by atoms with Gasteiger partial charge in [0.15, 0.2) is 0 Å². The molecule has 1 saturated heterocycles. The largest absolute Gasteiger partial charge is 0.447 e. The summed E-state index contributed by atoms with van der Waals surface area (Å²) in [6.07, 6.45) is 1.79. The van der Waals surface area contributed by atoms with Crippen molar-refractivity contribution >= 4 is 35.2 Å². The molecule has 162 valence electrons. The minimum atomic E-state index is -0.560. The van der Waals surface area contributed by atoms with Gasteiger partial charge in [-0.1, -0.05) is 23.7 Å². The van der Waals surface area contributed by atoms with E-state index < -0.39 is 11.9 Å².